The standard InChI is InChI=1S/C25H26F3N7O5/c1-32-14-17(11-21(32)36)39-24(37)34-8-6-33(7-9-34)20-4-5-35-22(31-20)19(13-30-35)18-10-16(40-25(26,27)28)12-29-23(18)38-15-2-3-15/h4-5,10,12-13,15,17H,2-3,6-9,11,14H2,1H3/t17-/m1/s1. The molecule has 1 atom stereocenters. The molecule has 6 rings (SSSR count). The van der Waals surface area contributed by atoms with Gasteiger partial charge in [0.05, 0.1) is 36.5 Å². The van der Waals surface area contributed by atoms with Crippen LogP contribution in [0.4, 0.5) is 23.8 Å². The Hall–Kier alpha value is -4.30. The summed E-state index contributed by atoms with van der Waals surface area (Å²) in [6.45, 7) is 2.15. The smallest absolute Gasteiger partial charge is 0.474 e. The lowest BCUT2D eigenvalue weighted by atomic mass is 10.1. The second kappa shape index (κ2) is 10.0. The molecule has 0 spiro atoms. The van der Waals surface area contributed by atoms with Crippen LogP contribution in [0.3, 0.4) is 0 Å². The number of likely N-dealkylation sites (tertiary alicyclic amines) is 1. The van der Waals surface area contributed by atoms with Gasteiger partial charge in [0.2, 0.25) is 11.8 Å². The molecule has 12 nitrogen and oxygen atoms in total. The summed E-state index contributed by atoms with van der Waals surface area (Å²) in [4.78, 5) is 38.3. The molecule has 1 aliphatic carbocycles. The molecular formula is C25H26F3N7O5. The monoisotopic (exact) mass is 561 g/mol. The molecule has 1 saturated carbocycles. The van der Waals surface area contributed by atoms with Crippen LogP contribution in [0.5, 0.6) is 11.6 Å². The molecule has 3 aliphatic rings. The lowest BCUT2D eigenvalue weighted by Crippen LogP contribution is -2.49. The first-order valence-corrected chi connectivity index (χ1v) is 12.8. The number of rotatable bonds is 6. The Morgan fingerprint density at radius 3 is 2.52 bits per heavy atom. The number of alkyl halides is 3. The van der Waals surface area contributed by atoms with Crippen molar-refractivity contribution < 1.29 is 37.0 Å². The first-order chi connectivity index (χ1) is 19.1. The van der Waals surface area contributed by atoms with Crippen molar-refractivity contribution in [3.05, 3.63) is 30.7 Å². The van der Waals surface area contributed by atoms with Gasteiger partial charge in [0.15, 0.2) is 5.65 Å². The minimum Gasteiger partial charge on any atom is -0.474 e. The minimum atomic E-state index is -4.87. The number of piperazine rings is 1. The van der Waals surface area contributed by atoms with E-state index >= 15 is 0 Å². The number of carbonyl (C=O) groups is 2. The zero-order chi connectivity index (χ0) is 28.0. The van der Waals surface area contributed by atoms with Crippen molar-refractivity contribution in [1.82, 2.24) is 29.4 Å². The van der Waals surface area contributed by atoms with E-state index in [1.54, 1.807) is 29.1 Å². The summed E-state index contributed by atoms with van der Waals surface area (Å²) in [6.07, 6.45) is 0.248. The topological polar surface area (TPSA) is 115 Å². The minimum absolute atomic E-state index is 0.0379. The molecule has 0 unspecified atom stereocenters. The summed E-state index contributed by atoms with van der Waals surface area (Å²) in [5.74, 6) is 0.273. The van der Waals surface area contributed by atoms with Gasteiger partial charge in [0.25, 0.3) is 0 Å². The van der Waals surface area contributed by atoms with Crippen LogP contribution < -0.4 is 14.4 Å². The van der Waals surface area contributed by atoms with E-state index in [1.807, 2.05) is 4.90 Å². The predicted molar refractivity (Wildman–Crippen MR) is 133 cm³/mol. The molecule has 40 heavy (non-hydrogen) atoms. The molecule has 2 amide bonds. The van der Waals surface area contributed by atoms with E-state index < -0.39 is 24.3 Å². The number of likely N-dealkylation sites (N-methyl/N-ethyl adjacent to an activating group) is 1. The number of halogens is 3. The maximum atomic E-state index is 12.9. The molecule has 0 N–H and O–H groups in total. The highest BCUT2D eigenvalue weighted by Gasteiger charge is 2.34. The van der Waals surface area contributed by atoms with Crippen molar-refractivity contribution in [2.45, 2.75) is 37.8 Å². The van der Waals surface area contributed by atoms with Crippen LogP contribution in [-0.4, -0.2) is 99.7 Å². The first-order valence-electron chi connectivity index (χ1n) is 12.8. The summed E-state index contributed by atoms with van der Waals surface area (Å²) in [6, 6.07) is 3.00. The summed E-state index contributed by atoms with van der Waals surface area (Å²) >= 11 is 0. The Bertz CT molecular complexity index is 1440. The average Bonchev–Trinajstić information content (AvgIpc) is 3.54. The summed E-state index contributed by atoms with van der Waals surface area (Å²) < 4.78 is 55.7. The number of hydrogen-bond donors (Lipinski definition) is 0. The van der Waals surface area contributed by atoms with Gasteiger partial charge in [-0.05, 0) is 25.0 Å². The number of carbonyl (C=O) groups excluding carboxylic acids is 2. The number of hydrogen-bond acceptors (Lipinski definition) is 9. The van der Waals surface area contributed by atoms with E-state index in [2.05, 4.69) is 14.8 Å². The van der Waals surface area contributed by atoms with Crippen LogP contribution in [0.25, 0.3) is 16.8 Å². The van der Waals surface area contributed by atoms with Crippen LogP contribution in [-0.2, 0) is 9.53 Å². The van der Waals surface area contributed by atoms with Crippen LogP contribution in [0, 0.1) is 0 Å². The van der Waals surface area contributed by atoms with E-state index in [9.17, 15) is 22.8 Å². The number of anilines is 1. The van der Waals surface area contributed by atoms with Gasteiger partial charge < -0.3 is 28.9 Å². The molecule has 0 radical (unpaired) electrons. The third kappa shape index (κ3) is 5.53. The van der Waals surface area contributed by atoms with Gasteiger partial charge in [-0.2, -0.15) is 5.10 Å². The van der Waals surface area contributed by atoms with Gasteiger partial charge in [-0.1, -0.05) is 0 Å². The van der Waals surface area contributed by atoms with Crippen molar-refractivity contribution in [2.75, 3.05) is 44.7 Å². The number of pyridine rings is 1. The van der Waals surface area contributed by atoms with Crippen molar-refractivity contribution in [3.8, 4) is 22.8 Å². The molecule has 2 saturated heterocycles. The Morgan fingerprint density at radius 1 is 1.07 bits per heavy atom. The normalized spacial score (nSPS) is 19.9. The lowest BCUT2D eigenvalue weighted by Gasteiger charge is -2.35. The van der Waals surface area contributed by atoms with E-state index in [1.165, 1.54) is 16.8 Å². The van der Waals surface area contributed by atoms with Crippen LogP contribution >= 0.6 is 0 Å². The van der Waals surface area contributed by atoms with E-state index in [-0.39, 0.29) is 29.9 Å². The third-order valence-electron chi connectivity index (χ3n) is 6.94. The molecule has 3 aromatic heterocycles. The van der Waals surface area contributed by atoms with Crippen LogP contribution in [0.15, 0.2) is 30.7 Å². The number of amides is 2. The predicted octanol–water partition coefficient (Wildman–Crippen LogP) is 2.72. The zero-order valence-corrected chi connectivity index (χ0v) is 21.5. The number of nitrogens with zero attached hydrogens (tertiary/aromatic N) is 7. The molecular weight excluding hydrogens is 535 g/mol. The van der Waals surface area contributed by atoms with Crippen molar-refractivity contribution in [2.24, 2.45) is 0 Å². The number of ether oxygens (including phenoxy) is 3. The molecule has 0 bridgehead atoms. The Labute approximate surface area is 226 Å². The third-order valence-corrected chi connectivity index (χ3v) is 6.94. The van der Waals surface area contributed by atoms with Crippen molar-refractivity contribution in [3.63, 3.8) is 0 Å². The molecule has 3 fully saturated rings. The molecule has 5 heterocycles. The summed E-state index contributed by atoms with van der Waals surface area (Å²) in [7, 11) is 1.68. The second-order valence-corrected chi connectivity index (χ2v) is 9.96. The van der Waals surface area contributed by atoms with E-state index in [4.69, 9.17) is 14.5 Å². The van der Waals surface area contributed by atoms with Gasteiger partial charge in [0.1, 0.15) is 23.8 Å². The zero-order valence-electron chi connectivity index (χ0n) is 21.5. The second-order valence-electron chi connectivity index (χ2n) is 9.96. The molecule has 3 aromatic rings. The first kappa shape index (κ1) is 26.0. The molecule has 212 valence electrons. The van der Waals surface area contributed by atoms with Crippen LogP contribution in [0.1, 0.15) is 19.3 Å². The van der Waals surface area contributed by atoms with Crippen LogP contribution in [0.2, 0.25) is 0 Å². The maximum absolute atomic E-state index is 12.9. The quantitative estimate of drug-likeness (QED) is 0.448. The van der Waals surface area contributed by atoms with Gasteiger partial charge in [-0.15, -0.1) is 13.2 Å². The Balaban J connectivity index is 1.20. The van der Waals surface area contributed by atoms with E-state index in [0.29, 0.717) is 49.8 Å². The van der Waals surface area contributed by atoms with Gasteiger partial charge in [0, 0.05) is 39.4 Å². The van der Waals surface area contributed by atoms with Gasteiger partial charge in [-0.3, -0.25) is 4.79 Å². The summed E-state index contributed by atoms with van der Waals surface area (Å²) in [5, 5.41) is 4.31. The number of fused-ring (bicyclic) bond motifs is 1. The summed E-state index contributed by atoms with van der Waals surface area (Å²) in [5.41, 5.74) is 1.13. The van der Waals surface area contributed by atoms with Gasteiger partial charge >= 0.3 is 12.5 Å². The van der Waals surface area contributed by atoms with Gasteiger partial charge in [-0.25, -0.2) is 19.3 Å². The fourth-order valence-corrected chi connectivity index (χ4v) is 4.72. The highest BCUT2D eigenvalue weighted by atomic mass is 19.4. The molecule has 15 heteroatoms. The Morgan fingerprint density at radius 2 is 1.85 bits per heavy atom. The van der Waals surface area contributed by atoms with Crippen molar-refractivity contribution in [1.29, 1.82) is 0 Å². The average molecular weight is 562 g/mol. The number of aromatic nitrogens is 4. The maximum Gasteiger partial charge on any atom is 0.573 e. The van der Waals surface area contributed by atoms with Crippen molar-refractivity contribution >= 4 is 23.5 Å². The molecule has 0 aromatic carbocycles. The lowest BCUT2D eigenvalue weighted by molar-refractivity contribution is -0.274. The highest BCUT2D eigenvalue weighted by Crippen LogP contribution is 2.38. The molecule has 2 aliphatic heterocycles. The fraction of sp³-hybridized carbons (Fsp3) is 0.480. The fourth-order valence-electron chi connectivity index (χ4n) is 4.72. The van der Waals surface area contributed by atoms with E-state index in [0.717, 1.165) is 19.0 Å². The highest BCUT2D eigenvalue weighted by molar-refractivity contribution is 5.82. The Kier molecular flexibility index (Phi) is 6.50. The largest absolute Gasteiger partial charge is 0.573 e. The SMILES string of the molecule is CN1C[C@H](OC(=O)N2CCN(c3ccn4ncc(-c5cc(OC(F)(F)F)cnc5OC5CC5)c4n3)CC2)CC1=O.